The minimum absolute atomic E-state index is 0.432. The van der Waals surface area contributed by atoms with E-state index in [9.17, 15) is 43.7 Å². The maximum absolute atomic E-state index is 13.5. The summed E-state index contributed by atoms with van der Waals surface area (Å²) in [5, 5.41) is 0. The zero-order chi connectivity index (χ0) is 18.2. The van der Waals surface area contributed by atoms with E-state index in [1.165, 1.54) is 0 Å². The first-order chi connectivity index (χ1) is 9.37. The minimum Gasteiger partial charge on any atom is -0.335 e. The molecular formula is C9H11F9O3S. The lowest BCUT2D eigenvalue weighted by atomic mass is 9.99. The van der Waals surface area contributed by atoms with Crippen LogP contribution in [-0.4, -0.2) is 50.7 Å². The van der Waals surface area contributed by atoms with Crippen LogP contribution in [0.5, 0.6) is 0 Å². The van der Waals surface area contributed by atoms with E-state index >= 15 is 0 Å². The van der Waals surface area contributed by atoms with Gasteiger partial charge in [-0.1, -0.05) is 0 Å². The van der Waals surface area contributed by atoms with Crippen LogP contribution in [0.25, 0.3) is 0 Å². The highest BCUT2D eigenvalue weighted by atomic mass is 32.2. The molecule has 0 amide bonds. The quantitative estimate of drug-likeness (QED) is 0.526. The van der Waals surface area contributed by atoms with Gasteiger partial charge < -0.3 is 9.29 Å². The summed E-state index contributed by atoms with van der Waals surface area (Å²) in [4.78, 5) is 0. The highest BCUT2D eigenvalue weighted by Gasteiger charge is 2.77. The summed E-state index contributed by atoms with van der Waals surface area (Å²) in [6.07, 6.45) is 0. The second kappa shape index (κ2) is 6.15. The van der Waals surface area contributed by atoms with Gasteiger partial charge >= 0.3 is 17.8 Å². The van der Waals surface area contributed by atoms with Gasteiger partial charge in [0.25, 0.3) is 11.8 Å². The van der Waals surface area contributed by atoms with Gasteiger partial charge in [-0.3, -0.25) is 0 Å². The maximum atomic E-state index is 13.5. The number of ether oxygens (including phenoxy) is 1. The van der Waals surface area contributed by atoms with Gasteiger partial charge in [-0.15, -0.1) is 0 Å². The van der Waals surface area contributed by atoms with Crippen molar-refractivity contribution in [2.75, 3.05) is 12.4 Å². The zero-order valence-electron chi connectivity index (χ0n) is 11.0. The Labute approximate surface area is 121 Å². The molecule has 0 saturated carbocycles. The van der Waals surface area contributed by atoms with E-state index in [0.717, 1.165) is 0 Å². The van der Waals surface area contributed by atoms with Crippen LogP contribution in [0.1, 0.15) is 13.8 Å². The number of halogens is 9. The maximum Gasteiger partial charge on any atom is 0.377 e. The number of hydrogen-bond acceptors (Lipinski definition) is 2. The van der Waals surface area contributed by atoms with Crippen molar-refractivity contribution in [3.05, 3.63) is 0 Å². The van der Waals surface area contributed by atoms with Crippen molar-refractivity contribution in [2.45, 2.75) is 43.4 Å². The predicted molar refractivity (Wildman–Crippen MR) is 56.6 cm³/mol. The van der Waals surface area contributed by atoms with E-state index in [0.29, 0.717) is 0 Å². The van der Waals surface area contributed by atoms with Crippen molar-refractivity contribution in [2.24, 2.45) is 0 Å². The first-order valence-electron chi connectivity index (χ1n) is 5.29. The molecule has 0 aromatic carbocycles. The molecule has 0 saturated heterocycles. The standard InChI is InChI=1S/C9H11F9O3S/c1-5(10,11)8(15,16)9(17,18)6(2,12)21-3-7(13,14)4-22(19)20/h3-4H2,1-2H3,(H,19,20). The van der Waals surface area contributed by atoms with Gasteiger partial charge in [-0.25, -0.2) is 17.4 Å². The molecule has 0 aliphatic heterocycles. The van der Waals surface area contributed by atoms with Crippen LogP contribution in [0.2, 0.25) is 0 Å². The van der Waals surface area contributed by atoms with Crippen LogP contribution >= 0.6 is 0 Å². The lowest BCUT2D eigenvalue weighted by molar-refractivity contribution is -0.386. The fourth-order valence-electron chi connectivity index (χ4n) is 1.11. The molecule has 0 heterocycles. The Morgan fingerprint density at radius 2 is 1.32 bits per heavy atom. The summed E-state index contributed by atoms with van der Waals surface area (Å²) in [7, 11) is 0. The highest BCUT2D eigenvalue weighted by Crippen LogP contribution is 2.52. The molecule has 0 spiro atoms. The topological polar surface area (TPSA) is 46.5 Å². The van der Waals surface area contributed by atoms with E-state index in [-0.39, 0.29) is 0 Å². The molecule has 0 aromatic rings. The third-order valence-corrected chi connectivity index (χ3v) is 3.06. The molecule has 22 heavy (non-hydrogen) atoms. The van der Waals surface area contributed by atoms with Crippen LogP contribution in [0.3, 0.4) is 0 Å². The Morgan fingerprint density at radius 3 is 1.64 bits per heavy atom. The molecule has 0 rings (SSSR count). The molecule has 2 atom stereocenters. The molecule has 0 aliphatic rings. The molecule has 1 N–H and O–H groups in total. The third kappa shape index (κ3) is 4.47. The average molecular weight is 370 g/mol. The van der Waals surface area contributed by atoms with E-state index in [1.807, 2.05) is 0 Å². The largest absolute Gasteiger partial charge is 0.377 e. The van der Waals surface area contributed by atoms with Crippen LogP contribution in [0.4, 0.5) is 39.5 Å². The second-order valence-electron chi connectivity index (χ2n) is 4.56. The van der Waals surface area contributed by atoms with Gasteiger partial charge in [0.15, 0.2) is 11.1 Å². The molecule has 3 nitrogen and oxygen atoms in total. The van der Waals surface area contributed by atoms with Crippen LogP contribution in [0, 0.1) is 0 Å². The fraction of sp³-hybridized carbons (Fsp3) is 1.00. The Balaban J connectivity index is 5.27. The molecular weight excluding hydrogens is 359 g/mol. The smallest absolute Gasteiger partial charge is 0.335 e. The number of rotatable bonds is 8. The average Bonchev–Trinajstić information content (AvgIpc) is 2.23. The lowest BCUT2D eigenvalue weighted by Crippen LogP contribution is -2.63. The van der Waals surface area contributed by atoms with Gasteiger partial charge in [0.2, 0.25) is 0 Å². The Kier molecular flexibility index (Phi) is 5.99. The summed E-state index contributed by atoms with van der Waals surface area (Å²) in [5.74, 6) is -28.8. The summed E-state index contributed by atoms with van der Waals surface area (Å²) < 4.78 is 138. The zero-order valence-corrected chi connectivity index (χ0v) is 11.8. The van der Waals surface area contributed by atoms with E-state index in [4.69, 9.17) is 4.55 Å². The van der Waals surface area contributed by atoms with Gasteiger partial charge in [-0.05, 0) is 0 Å². The van der Waals surface area contributed by atoms with E-state index < -0.39 is 66.8 Å². The molecule has 134 valence electrons. The Bertz CT molecular complexity index is 419. The molecule has 2 unspecified atom stereocenters. The van der Waals surface area contributed by atoms with Crippen LogP contribution in [-0.2, 0) is 15.8 Å². The number of hydrogen-bond donors (Lipinski definition) is 1. The van der Waals surface area contributed by atoms with Crippen molar-refractivity contribution in [1.82, 2.24) is 0 Å². The Hall–Kier alpha value is -0.560. The molecule has 0 aliphatic carbocycles. The fourth-order valence-corrected chi connectivity index (χ4v) is 1.55. The first-order valence-corrected chi connectivity index (χ1v) is 6.56. The monoisotopic (exact) mass is 370 g/mol. The summed E-state index contributed by atoms with van der Waals surface area (Å²) >= 11 is -3.12. The molecule has 0 radical (unpaired) electrons. The van der Waals surface area contributed by atoms with Gasteiger partial charge in [-0.2, -0.15) is 26.3 Å². The van der Waals surface area contributed by atoms with Crippen molar-refractivity contribution in [1.29, 1.82) is 0 Å². The third-order valence-electron chi connectivity index (χ3n) is 2.40. The van der Waals surface area contributed by atoms with Crippen molar-refractivity contribution < 1.29 is 53.0 Å². The van der Waals surface area contributed by atoms with E-state index in [1.54, 1.807) is 0 Å². The minimum atomic E-state index is -6.24. The van der Waals surface area contributed by atoms with Crippen LogP contribution < -0.4 is 0 Å². The van der Waals surface area contributed by atoms with Gasteiger partial charge in [0.1, 0.15) is 12.4 Å². The summed E-state index contributed by atoms with van der Waals surface area (Å²) in [6, 6.07) is 0. The first kappa shape index (κ1) is 21.4. The van der Waals surface area contributed by atoms with Crippen molar-refractivity contribution in [3.8, 4) is 0 Å². The number of alkyl halides is 9. The lowest BCUT2D eigenvalue weighted by Gasteiger charge is -2.38. The van der Waals surface area contributed by atoms with E-state index in [2.05, 4.69) is 4.74 Å². The summed E-state index contributed by atoms with van der Waals surface area (Å²) in [5.41, 5.74) is 0. The molecule has 0 aromatic heterocycles. The van der Waals surface area contributed by atoms with Gasteiger partial charge in [0.05, 0.1) is 0 Å². The Morgan fingerprint density at radius 1 is 0.909 bits per heavy atom. The molecule has 13 heteroatoms. The SMILES string of the molecule is CC(F)(F)C(F)(F)C(F)(F)C(C)(F)OCC(F)(F)CS(=O)O. The van der Waals surface area contributed by atoms with Crippen molar-refractivity contribution >= 4 is 11.1 Å². The predicted octanol–water partition coefficient (Wildman–Crippen LogP) is 3.47. The normalized spacial score (nSPS) is 18.9. The van der Waals surface area contributed by atoms with Crippen molar-refractivity contribution in [3.63, 3.8) is 0 Å². The van der Waals surface area contributed by atoms with Crippen LogP contribution in [0.15, 0.2) is 0 Å². The van der Waals surface area contributed by atoms with Gasteiger partial charge in [0, 0.05) is 13.8 Å². The highest BCUT2D eigenvalue weighted by molar-refractivity contribution is 7.79. The molecule has 0 bridgehead atoms. The summed E-state index contributed by atoms with van der Waals surface area (Å²) in [6.45, 7) is -3.34. The second-order valence-corrected chi connectivity index (χ2v) is 5.50. The molecule has 0 fully saturated rings.